The lowest BCUT2D eigenvalue weighted by atomic mass is 10.1. The minimum absolute atomic E-state index is 0.373. The van der Waals surface area contributed by atoms with Crippen LogP contribution in [-0.2, 0) is 11.3 Å². The van der Waals surface area contributed by atoms with E-state index in [1.165, 1.54) is 5.56 Å². The maximum absolute atomic E-state index is 12.4. The molecule has 0 spiro atoms. The van der Waals surface area contributed by atoms with E-state index in [4.69, 9.17) is 0 Å². The summed E-state index contributed by atoms with van der Waals surface area (Å²) in [6, 6.07) is 11.5. The van der Waals surface area contributed by atoms with Crippen LogP contribution in [0.5, 0.6) is 0 Å². The molecule has 0 aliphatic carbocycles. The van der Waals surface area contributed by atoms with Crippen molar-refractivity contribution >= 4 is 5.91 Å². The summed E-state index contributed by atoms with van der Waals surface area (Å²) in [6.45, 7) is 7.29. The standard InChI is InChI=1S/C19H29N3O/c1-2-20-12-10-17-8-9-19(23)22(17)18-11-13-21(15-18)14-16-6-4-3-5-7-16/h3-7,17-18,20H,2,8-15H2,1H3/t17-,18+/m0/s1. The van der Waals surface area contributed by atoms with Gasteiger partial charge in [0.05, 0.1) is 0 Å². The van der Waals surface area contributed by atoms with Crippen molar-refractivity contribution < 1.29 is 4.79 Å². The third kappa shape index (κ3) is 4.12. The van der Waals surface area contributed by atoms with Gasteiger partial charge in [-0.1, -0.05) is 37.3 Å². The van der Waals surface area contributed by atoms with E-state index in [0.29, 0.717) is 18.0 Å². The van der Waals surface area contributed by atoms with Crippen LogP contribution in [0.15, 0.2) is 30.3 Å². The van der Waals surface area contributed by atoms with Gasteiger partial charge in [0.25, 0.3) is 0 Å². The third-order valence-electron chi connectivity index (χ3n) is 5.17. The first-order valence-electron chi connectivity index (χ1n) is 9.06. The van der Waals surface area contributed by atoms with Crippen LogP contribution in [0.4, 0.5) is 0 Å². The number of hydrogen-bond donors (Lipinski definition) is 1. The fourth-order valence-corrected chi connectivity index (χ4v) is 4.02. The minimum Gasteiger partial charge on any atom is -0.335 e. The van der Waals surface area contributed by atoms with E-state index in [-0.39, 0.29) is 0 Å². The summed E-state index contributed by atoms with van der Waals surface area (Å²) >= 11 is 0. The molecule has 1 N–H and O–H groups in total. The second-order valence-electron chi connectivity index (χ2n) is 6.80. The van der Waals surface area contributed by atoms with Crippen LogP contribution in [0.1, 0.15) is 38.2 Å². The molecule has 2 heterocycles. The summed E-state index contributed by atoms with van der Waals surface area (Å²) in [4.78, 5) is 17.1. The third-order valence-corrected chi connectivity index (χ3v) is 5.17. The van der Waals surface area contributed by atoms with Gasteiger partial charge in [-0.2, -0.15) is 0 Å². The number of benzene rings is 1. The van der Waals surface area contributed by atoms with Gasteiger partial charge in [0.2, 0.25) is 5.91 Å². The summed E-state index contributed by atoms with van der Waals surface area (Å²) in [5.74, 6) is 0.373. The Morgan fingerprint density at radius 3 is 2.83 bits per heavy atom. The average molecular weight is 315 g/mol. The SMILES string of the molecule is CCNCC[C@@H]1CCC(=O)N1[C@@H]1CCN(Cc2ccccc2)C1. The van der Waals surface area contributed by atoms with Crippen molar-refractivity contribution in [1.29, 1.82) is 0 Å². The van der Waals surface area contributed by atoms with Gasteiger partial charge >= 0.3 is 0 Å². The van der Waals surface area contributed by atoms with Gasteiger partial charge in [0.1, 0.15) is 0 Å². The van der Waals surface area contributed by atoms with E-state index < -0.39 is 0 Å². The van der Waals surface area contributed by atoms with Gasteiger partial charge in [-0.05, 0) is 37.9 Å². The van der Waals surface area contributed by atoms with Crippen molar-refractivity contribution in [2.75, 3.05) is 26.2 Å². The second-order valence-corrected chi connectivity index (χ2v) is 6.80. The van der Waals surface area contributed by atoms with Gasteiger partial charge < -0.3 is 10.2 Å². The van der Waals surface area contributed by atoms with Crippen molar-refractivity contribution in [3.05, 3.63) is 35.9 Å². The van der Waals surface area contributed by atoms with Crippen molar-refractivity contribution in [2.45, 2.75) is 51.2 Å². The summed E-state index contributed by atoms with van der Waals surface area (Å²) in [7, 11) is 0. The molecule has 1 amide bonds. The molecule has 1 aromatic rings. The number of hydrogen-bond acceptors (Lipinski definition) is 3. The van der Waals surface area contributed by atoms with Crippen LogP contribution in [0.3, 0.4) is 0 Å². The van der Waals surface area contributed by atoms with Gasteiger partial charge in [-0.15, -0.1) is 0 Å². The zero-order valence-corrected chi connectivity index (χ0v) is 14.2. The van der Waals surface area contributed by atoms with E-state index in [9.17, 15) is 4.79 Å². The molecule has 4 heteroatoms. The normalized spacial score (nSPS) is 25.4. The van der Waals surface area contributed by atoms with Gasteiger partial charge in [0.15, 0.2) is 0 Å². The molecule has 2 saturated heterocycles. The molecule has 0 saturated carbocycles. The van der Waals surface area contributed by atoms with E-state index in [1.807, 2.05) is 0 Å². The number of nitrogens with zero attached hydrogens (tertiary/aromatic N) is 2. The zero-order chi connectivity index (χ0) is 16.1. The lowest BCUT2D eigenvalue weighted by Crippen LogP contribution is -2.44. The fraction of sp³-hybridized carbons (Fsp3) is 0.632. The Morgan fingerprint density at radius 1 is 1.22 bits per heavy atom. The van der Waals surface area contributed by atoms with E-state index in [0.717, 1.165) is 58.4 Å². The Hall–Kier alpha value is -1.39. The van der Waals surface area contributed by atoms with Crippen molar-refractivity contribution in [2.24, 2.45) is 0 Å². The second kappa shape index (κ2) is 7.93. The predicted molar refractivity (Wildman–Crippen MR) is 93.2 cm³/mol. The van der Waals surface area contributed by atoms with Crippen LogP contribution < -0.4 is 5.32 Å². The molecule has 2 atom stereocenters. The summed E-state index contributed by atoms with van der Waals surface area (Å²) in [6.07, 6.45) is 4.00. The molecule has 126 valence electrons. The van der Waals surface area contributed by atoms with E-state index in [2.05, 4.69) is 52.4 Å². The molecule has 0 bridgehead atoms. The molecular formula is C19H29N3O. The highest BCUT2D eigenvalue weighted by Crippen LogP contribution is 2.28. The van der Waals surface area contributed by atoms with Gasteiger partial charge in [-0.25, -0.2) is 0 Å². The quantitative estimate of drug-likeness (QED) is 0.784. The highest BCUT2D eigenvalue weighted by atomic mass is 16.2. The molecule has 2 fully saturated rings. The molecule has 0 unspecified atom stereocenters. The molecule has 4 nitrogen and oxygen atoms in total. The highest BCUT2D eigenvalue weighted by Gasteiger charge is 2.38. The van der Waals surface area contributed by atoms with Crippen LogP contribution >= 0.6 is 0 Å². The molecule has 2 aliphatic heterocycles. The van der Waals surface area contributed by atoms with Crippen molar-refractivity contribution in [3.8, 4) is 0 Å². The lowest BCUT2D eigenvalue weighted by molar-refractivity contribution is -0.131. The summed E-state index contributed by atoms with van der Waals surface area (Å²) in [5.41, 5.74) is 1.37. The molecule has 1 aromatic carbocycles. The zero-order valence-electron chi connectivity index (χ0n) is 14.2. The monoisotopic (exact) mass is 315 g/mol. The lowest BCUT2D eigenvalue weighted by Gasteiger charge is -2.31. The van der Waals surface area contributed by atoms with Gasteiger partial charge in [-0.3, -0.25) is 9.69 Å². The minimum atomic E-state index is 0.373. The Morgan fingerprint density at radius 2 is 2.04 bits per heavy atom. The smallest absolute Gasteiger partial charge is 0.223 e. The number of rotatable bonds is 7. The van der Waals surface area contributed by atoms with Crippen molar-refractivity contribution in [1.82, 2.24) is 15.1 Å². The number of amides is 1. The largest absolute Gasteiger partial charge is 0.335 e. The molecular weight excluding hydrogens is 286 g/mol. The Balaban J connectivity index is 1.55. The van der Waals surface area contributed by atoms with E-state index in [1.54, 1.807) is 0 Å². The molecule has 2 aliphatic rings. The number of carbonyl (C=O) groups excluding carboxylic acids is 1. The average Bonchev–Trinajstić information content (AvgIpc) is 3.15. The van der Waals surface area contributed by atoms with Crippen LogP contribution in [-0.4, -0.2) is 54.0 Å². The number of nitrogens with one attached hydrogen (secondary N) is 1. The van der Waals surface area contributed by atoms with Crippen molar-refractivity contribution in [3.63, 3.8) is 0 Å². The fourth-order valence-electron chi connectivity index (χ4n) is 4.02. The first kappa shape index (κ1) is 16.5. The van der Waals surface area contributed by atoms with E-state index >= 15 is 0 Å². The molecule has 0 radical (unpaired) electrons. The Labute approximate surface area is 139 Å². The van der Waals surface area contributed by atoms with Crippen LogP contribution in [0.2, 0.25) is 0 Å². The maximum Gasteiger partial charge on any atom is 0.223 e. The van der Waals surface area contributed by atoms with Gasteiger partial charge in [0, 0.05) is 38.1 Å². The topological polar surface area (TPSA) is 35.6 Å². The summed E-state index contributed by atoms with van der Waals surface area (Å²) in [5, 5.41) is 3.39. The first-order valence-corrected chi connectivity index (χ1v) is 9.06. The van der Waals surface area contributed by atoms with Crippen LogP contribution in [0, 0.1) is 0 Å². The first-order chi connectivity index (χ1) is 11.3. The molecule has 0 aromatic heterocycles. The predicted octanol–water partition coefficient (Wildman–Crippen LogP) is 2.25. The summed E-state index contributed by atoms with van der Waals surface area (Å²) < 4.78 is 0. The van der Waals surface area contributed by atoms with Crippen LogP contribution in [0.25, 0.3) is 0 Å². The molecule has 3 rings (SSSR count). The Kier molecular flexibility index (Phi) is 5.68. The molecule has 23 heavy (non-hydrogen) atoms. The maximum atomic E-state index is 12.4. The number of carbonyl (C=O) groups is 1. The number of likely N-dealkylation sites (tertiary alicyclic amines) is 2. The highest BCUT2D eigenvalue weighted by molar-refractivity contribution is 5.79. The Bertz CT molecular complexity index is 505.